The Balaban J connectivity index is 1.68. The van der Waals surface area contributed by atoms with E-state index >= 15 is 0 Å². The number of aryl methyl sites for hydroxylation is 3. The Kier molecular flexibility index (Phi) is 6.83. The second-order valence-corrected chi connectivity index (χ2v) is 8.73. The fourth-order valence-corrected chi connectivity index (χ4v) is 4.49. The van der Waals surface area contributed by atoms with Gasteiger partial charge >= 0.3 is 5.97 Å². The molecule has 0 saturated carbocycles. The number of hydrogen-bond acceptors (Lipinski definition) is 7. The van der Waals surface area contributed by atoms with E-state index in [1.165, 1.54) is 0 Å². The van der Waals surface area contributed by atoms with Crippen molar-refractivity contribution in [2.75, 3.05) is 11.5 Å². The number of hydrogen-bond donors (Lipinski definition) is 0. The molecule has 4 rings (SSSR count). The van der Waals surface area contributed by atoms with Crippen molar-refractivity contribution in [3.05, 3.63) is 87.8 Å². The van der Waals surface area contributed by atoms with E-state index in [1.807, 2.05) is 50.2 Å². The molecule has 8 nitrogen and oxygen atoms in total. The number of rotatable bonds is 7. The number of aromatic nitrogens is 4. The molecule has 3 heterocycles. The predicted molar refractivity (Wildman–Crippen MR) is 131 cm³/mol. The van der Waals surface area contributed by atoms with Gasteiger partial charge in [-0.05, 0) is 51.5 Å². The first-order valence-electron chi connectivity index (χ1n) is 10.9. The van der Waals surface area contributed by atoms with Crippen molar-refractivity contribution in [3.63, 3.8) is 0 Å². The summed E-state index contributed by atoms with van der Waals surface area (Å²) in [4.78, 5) is 36.9. The molecule has 0 N–H and O–H groups in total. The molecule has 1 aromatic carbocycles. The molecule has 174 valence electrons. The van der Waals surface area contributed by atoms with Gasteiger partial charge in [0.15, 0.2) is 10.9 Å². The summed E-state index contributed by atoms with van der Waals surface area (Å²) in [6.45, 7) is 7.93. The molecule has 0 fully saturated rings. The van der Waals surface area contributed by atoms with E-state index in [1.54, 1.807) is 41.8 Å². The largest absolute Gasteiger partial charge is 0.462 e. The van der Waals surface area contributed by atoms with Crippen LogP contribution in [0.3, 0.4) is 0 Å². The van der Waals surface area contributed by atoms with E-state index in [2.05, 4.69) is 15.1 Å². The second kappa shape index (κ2) is 9.96. The van der Waals surface area contributed by atoms with E-state index in [0.717, 1.165) is 28.3 Å². The average Bonchev–Trinajstić information content (AvgIpc) is 3.39. The van der Waals surface area contributed by atoms with Crippen molar-refractivity contribution in [1.82, 2.24) is 19.7 Å². The van der Waals surface area contributed by atoms with Crippen LogP contribution in [0.25, 0.3) is 5.82 Å². The van der Waals surface area contributed by atoms with Crippen LogP contribution in [-0.4, -0.2) is 38.2 Å². The van der Waals surface area contributed by atoms with Crippen LogP contribution < -0.4 is 4.90 Å². The maximum Gasteiger partial charge on any atom is 0.350 e. The first kappa shape index (κ1) is 23.3. The van der Waals surface area contributed by atoms with E-state index in [-0.39, 0.29) is 12.5 Å². The number of nitrogens with zero attached hydrogens (tertiary/aromatic N) is 5. The first-order valence-corrected chi connectivity index (χ1v) is 11.7. The van der Waals surface area contributed by atoms with Gasteiger partial charge in [-0.1, -0.05) is 41.7 Å². The zero-order chi connectivity index (χ0) is 24.2. The van der Waals surface area contributed by atoms with Gasteiger partial charge in [-0.2, -0.15) is 5.10 Å². The van der Waals surface area contributed by atoms with Gasteiger partial charge in [0.1, 0.15) is 4.88 Å². The van der Waals surface area contributed by atoms with Crippen LogP contribution in [0.5, 0.6) is 0 Å². The molecule has 0 aliphatic heterocycles. The number of amides is 1. The third-order valence-electron chi connectivity index (χ3n) is 5.13. The fourth-order valence-electron chi connectivity index (χ4n) is 3.53. The molecule has 0 aliphatic rings. The minimum Gasteiger partial charge on any atom is -0.462 e. The van der Waals surface area contributed by atoms with Gasteiger partial charge in [0.25, 0.3) is 5.91 Å². The minimum atomic E-state index is -0.438. The summed E-state index contributed by atoms with van der Waals surface area (Å²) < 4.78 is 6.88. The van der Waals surface area contributed by atoms with E-state index in [0.29, 0.717) is 33.6 Å². The lowest BCUT2D eigenvalue weighted by molar-refractivity contribution is 0.0531. The SMILES string of the molecule is CCOC(=O)c1sc(N(Cc2ccccc2)C(=O)c2ccc(-n3nc(C)cc3C)nc2)nc1C. The van der Waals surface area contributed by atoms with Crippen LogP contribution in [0.1, 0.15) is 49.6 Å². The second-order valence-electron chi connectivity index (χ2n) is 7.75. The lowest BCUT2D eigenvalue weighted by Gasteiger charge is -2.20. The Morgan fingerprint density at radius 1 is 1.09 bits per heavy atom. The van der Waals surface area contributed by atoms with Crippen molar-refractivity contribution in [2.45, 2.75) is 34.2 Å². The molecule has 1 amide bonds. The molecule has 9 heteroatoms. The Bertz CT molecular complexity index is 1310. The van der Waals surface area contributed by atoms with Gasteiger partial charge in [-0.15, -0.1) is 0 Å². The normalized spacial score (nSPS) is 10.8. The van der Waals surface area contributed by atoms with Gasteiger partial charge in [0.05, 0.1) is 30.1 Å². The van der Waals surface area contributed by atoms with Crippen LogP contribution in [0, 0.1) is 20.8 Å². The van der Waals surface area contributed by atoms with Crippen LogP contribution in [0.2, 0.25) is 0 Å². The van der Waals surface area contributed by atoms with E-state index in [9.17, 15) is 9.59 Å². The maximum atomic E-state index is 13.6. The molecule has 4 aromatic rings. The summed E-state index contributed by atoms with van der Waals surface area (Å²) in [6.07, 6.45) is 1.54. The van der Waals surface area contributed by atoms with E-state index < -0.39 is 5.97 Å². The Labute approximate surface area is 201 Å². The van der Waals surface area contributed by atoms with Crippen LogP contribution in [-0.2, 0) is 11.3 Å². The molecule has 0 radical (unpaired) electrons. The molecule has 0 saturated heterocycles. The molecule has 0 bridgehead atoms. The van der Waals surface area contributed by atoms with Crippen LogP contribution in [0.15, 0.2) is 54.7 Å². The fraction of sp³-hybridized carbons (Fsp3) is 0.240. The van der Waals surface area contributed by atoms with Gasteiger partial charge in [0.2, 0.25) is 0 Å². The molecular formula is C25H25N5O3S. The van der Waals surface area contributed by atoms with Crippen molar-refractivity contribution < 1.29 is 14.3 Å². The Hall–Kier alpha value is -3.85. The number of carbonyl (C=O) groups excluding carboxylic acids is 2. The third-order valence-corrected chi connectivity index (χ3v) is 6.29. The summed E-state index contributed by atoms with van der Waals surface area (Å²) in [6, 6.07) is 15.1. The molecule has 34 heavy (non-hydrogen) atoms. The third kappa shape index (κ3) is 4.89. The Morgan fingerprint density at radius 2 is 1.85 bits per heavy atom. The van der Waals surface area contributed by atoms with Gasteiger partial charge in [-0.25, -0.2) is 19.4 Å². The number of thiazole rings is 1. The number of esters is 1. The monoisotopic (exact) mass is 475 g/mol. The number of ether oxygens (including phenoxy) is 1. The summed E-state index contributed by atoms with van der Waals surface area (Å²) in [7, 11) is 0. The number of pyridine rings is 1. The highest BCUT2D eigenvalue weighted by Gasteiger charge is 2.25. The van der Waals surface area contributed by atoms with Gasteiger partial charge in [0, 0.05) is 11.9 Å². The highest BCUT2D eigenvalue weighted by atomic mass is 32.1. The maximum absolute atomic E-state index is 13.6. The Morgan fingerprint density at radius 3 is 2.47 bits per heavy atom. The first-order chi connectivity index (χ1) is 16.4. The summed E-state index contributed by atoms with van der Waals surface area (Å²) >= 11 is 1.15. The van der Waals surface area contributed by atoms with Crippen molar-refractivity contribution in [3.8, 4) is 5.82 Å². The number of benzene rings is 1. The molecule has 0 aliphatic carbocycles. The quantitative estimate of drug-likeness (QED) is 0.361. The van der Waals surface area contributed by atoms with Crippen molar-refractivity contribution in [2.24, 2.45) is 0 Å². The van der Waals surface area contributed by atoms with Gasteiger partial charge < -0.3 is 4.74 Å². The smallest absolute Gasteiger partial charge is 0.350 e. The number of carbonyl (C=O) groups is 2. The molecule has 3 aromatic heterocycles. The standard InChI is InChI=1S/C25H25N5O3S/c1-5-33-24(32)22-18(4)27-25(34-22)29(15-19-9-7-6-8-10-19)23(31)20-11-12-21(26-14-20)30-17(3)13-16(2)28-30/h6-14H,5,15H2,1-4H3. The minimum absolute atomic E-state index is 0.263. The molecular weight excluding hydrogens is 450 g/mol. The highest BCUT2D eigenvalue weighted by molar-refractivity contribution is 7.17. The summed E-state index contributed by atoms with van der Waals surface area (Å²) in [5.41, 5.74) is 3.73. The zero-order valence-electron chi connectivity index (χ0n) is 19.5. The summed E-state index contributed by atoms with van der Waals surface area (Å²) in [5, 5.41) is 4.87. The van der Waals surface area contributed by atoms with Crippen molar-refractivity contribution >= 4 is 28.3 Å². The predicted octanol–water partition coefficient (Wildman–Crippen LogP) is 4.67. The number of anilines is 1. The lowest BCUT2D eigenvalue weighted by Crippen LogP contribution is -2.30. The molecule has 0 spiro atoms. The lowest BCUT2D eigenvalue weighted by atomic mass is 10.2. The highest BCUT2D eigenvalue weighted by Crippen LogP contribution is 2.29. The van der Waals surface area contributed by atoms with Crippen LogP contribution in [0.4, 0.5) is 5.13 Å². The molecule has 0 unspecified atom stereocenters. The van der Waals surface area contributed by atoms with E-state index in [4.69, 9.17) is 4.74 Å². The van der Waals surface area contributed by atoms with Crippen LogP contribution >= 0.6 is 11.3 Å². The average molecular weight is 476 g/mol. The summed E-state index contributed by atoms with van der Waals surface area (Å²) in [5.74, 6) is -0.0707. The molecule has 0 atom stereocenters. The zero-order valence-corrected chi connectivity index (χ0v) is 20.3. The van der Waals surface area contributed by atoms with Gasteiger partial charge in [-0.3, -0.25) is 9.69 Å². The topological polar surface area (TPSA) is 90.2 Å². The van der Waals surface area contributed by atoms with Crippen molar-refractivity contribution in [1.29, 1.82) is 0 Å².